The van der Waals surface area contributed by atoms with Gasteiger partial charge in [0.15, 0.2) is 0 Å². The van der Waals surface area contributed by atoms with Gasteiger partial charge in [0.05, 0.1) is 0 Å². The molecule has 1 heterocycles. The van der Waals surface area contributed by atoms with Crippen LogP contribution in [-0.4, -0.2) is 11.7 Å². The molecule has 0 atom stereocenters. The predicted molar refractivity (Wildman–Crippen MR) is 95.6 cm³/mol. The van der Waals surface area contributed by atoms with Gasteiger partial charge in [0.2, 0.25) is 0 Å². The van der Waals surface area contributed by atoms with Gasteiger partial charge in [-0.15, -0.1) is 11.3 Å². The Bertz CT molecular complexity index is 645. The van der Waals surface area contributed by atoms with E-state index >= 15 is 0 Å². The molecule has 0 spiro atoms. The van der Waals surface area contributed by atoms with Crippen molar-refractivity contribution in [1.82, 2.24) is 5.32 Å². The summed E-state index contributed by atoms with van der Waals surface area (Å²) in [6, 6.07) is 9.58. The van der Waals surface area contributed by atoms with Gasteiger partial charge in [-0.3, -0.25) is 5.32 Å². The van der Waals surface area contributed by atoms with Crippen LogP contribution in [0.2, 0.25) is 0 Å². The number of nitrogens with one attached hydrogen (secondary N) is 2. The van der Waals surface area contributed by atoms with E-state index < -0.39 is 11.7 Å². The van der Waals surface area contributed by atoms with E-state index in [2.05, 4.69) is 10.6 Å². The molecule has 0 aliphatic carbocycles. The molecular formula is C17H23N3O2S. The number of ether oxygens (including phenoxy) is 1. The quantitative estimate of drug-likeness (QED) is 0.774. The minimum atomic E-state index is -0.502. The summed E-state index contributed by atoms with van der Waals surface area (Å²) in [4.78, 5) is 12.8. The third-order valence-corrected chi connectivity index (χ3v) is 3.93. The number of nitrogen functional groups attached to an aromatic ring is 1. The summed E-state index contributed by atoms with van der Waals surface area (Å²) in [5.41, 5.74) is 8.03. The van der Waals surface area contributed by atoms with E-state index in [1.54, 1.807) is 11.3 Å². The second-order valence-electron chi connectivity index (χ2n) is 6.23. The number of benzene rings is 1. The van der Waals surface area contributed by atoms with Crippen LogP contribution in [0.4, 0.5) is 16.2 Å². The lowest BCUT2D eigenvalue weighted by Gasteiger charge is -2.19. The lowest BCUT2D eigenvalue weighted by Crippen LogP contribution is -2.27. The summed E-state index contributed by atoms with van der Waals surface area (Å²) in [7, 11) is 0. The molecule has 0 saturated carbocycles. The molecule has 4 N–H and O–H groups in total. The standard InChI is InChI=1S/C17H23N3O2S/c1-17(2,3)22-16(21)20-13-6-4-12(5-7-13)10-19-11-15-14(18)8-9-23-15/h4-9,19H,10-11,18H2,1-3H3,(H,20,21). The van der Waals surface area contributed by atoms with Crippen molar-refractivity contribution in [2.45, 2.75) is 39.5 Å². The molecule has 2 rings (SSSR count). The van der Waals surface area contributed by atoms with Crippen molar-refractivity contribution < 1.29 is 9.53 Å². The van der Waals surface area contributed by atoms with E-state index in [4.69, 9.17) is 10.5 Å². The third-order valence-electron chi connectivity index (χ3n) is 2.99. The fraction of sp³-hybridized carbons (Fsp3) is 0.353. The highest BCUT2D eigenvalue weighted by molar-refractivity contribution is 7.10. The maximum absolute atomic E-state index is 11.7. The summed E-state index contributed by atoms with van der Waals surface area (Å²) in [5.74, 6) is 0. The van der Waals surface area contributed by atoms with Crippen LogP contribution < -0.4 is 16.4 Å². The first-order chi connectivity index (χ1) is 10.8. The third kappa shape index (κ3) is 5.92. The van der Waals surface area contributed by atoms with Crippen LogP contribution in [0.15, 0.2) is 35.7 Å². The fourth-order valence-electron chi connectivity index (χ4n) is 1.94. The highest BCUT2D eigenvalue weighted by Gasteiger charge is 2.16. The van der Waals surface area contributed by atoms with E-state index in [-0.39, 0.29) is 0 Å². The summed E-state index contributed by atoms with van der Waals surface area (Å²) < 4.78 is 5.22. The zero-order valence-electron chi connectivity index (χ0n) is 13.7. The molecule has 1 aromatic heterocycles. The molecule has 0 saturated heterocycles. The molecule has 0 radical (unpaired) electrons. The number of anilines is 2. The monoisotopic (exact) mass is 333 g/mol. The summed E-state index contributed by atoms with van der Waals surface area (Å²) >= 11 is 1.65. The number of rotatable bonds is 5. The number of hydrogen-bond donors (Lipinski definition) is 3. The Morgan fingerprint density at radius 3 is 2.43 bits per heavy atom. The van der Waals surface area contributed by atoms with Crippen molar-refractivity contribution in [3.8, 4) is 0 Å². The molecule has 0 unspecified atom stereocenters. The van der Waals surface area contributed by atoms with E-state index in [9.17, 15) is 4.79 Å². The van der Waals surface area contributed by atoms with Gasteiger partial charge >= 0.3 is 6.09 Å². The van der Waals surface area contributed by atoms with Crippen molar-refractivity contribution in [3.63, 3.8) is 0 Å². The van der Waals surface area contributed by atoms with Crippen LogP contribution in [-0.2, 0) is 17.8 Å². The number of amides is 1. The molecule has 2 aromatic rings. The summed E-state index contributed by atoms with van der Waals surface area (Å²) in [6.07, 6.45) is -0.448. The van der Waals surface area contributed by atoms with Crippen LogP contribution in [0.25, 0.3) is 0 Å². The SMILES string of the molecule is CC(C)(C)OC(=O)Nc1ccc(CNCc2sccc2N)cc1. The first-order valence-electron chi connectivity index (χ1n) is 7.45. The number of carbonyl (C=O) groups is 1. The molecule has 5 nitrogen and oxygen atoms in total. The molecule has 124 valence electrons. The zero-order valence-corrected chi connectivity index (χ0v) is 14.5. The summed E-state index contributed by atoms with van der Waals surface area (Å²) in [6.45, 7) is 7.00. The number of nitrogens with two attached hydrogens (primary N) is 1. The Morgan fingerprint density at radius 2 is 1.87 bits per heavy atom. The summed E-state index contributed by atoms with van der Waals surface area (Å²) in [5, 5.41) is 8.06. The largest absolute Gasteiger partial charge is 0.444 e. The van der Waals surface area contributed by atoms with Crippen molar-refractivity contribution in [3.05, 3.63) is 46.2 Å². The Hall–Kier alpha value is -2.05. The first kappa shape index (κ1) is 17.3. The Balaban J connectivity index is 1.80. The van der Waals surface area contributed by atoms with Crippen LogP contribution in [0.3, 0.4) is 0 Å². The van der Waals surface area contributed by atoms with Gasteiger partial charge in [0.25, 0.3) is 0 Å². The van der Waals surface area contributed by atoms with Crippen molar-refractivity contribution in [2.24, 2.45) is 0 Å². The molecule has 0 aliphatic rings. The minimum Gasteiger partial charge on any atom is -0.444 e. The second-order valence-corrected chi connectivity index (χ2v) is 7.23. The molecule has 0 aliphatic heterocycles. The normalized spacial score (nSPS) is 11.3. The number of thiophene rings is 1. The average molecular weight is 333 g/mol. The fourth-order valence-corrected chi connectivity index (χ4v) is 2.71. The lowest BCUT2D eigenvalue weighted by molar-refractivity contribution is 0.0636. The minimum absolute atomic E-state index is 0.448. The van der Waals surface area contributed by atoms with Crippen molar-refractivity contribution in [2.75, 3.05) is 11.1 Å². The van der Waals surface area contributed by atoms with E-state index in [0.29, 0.717) is 5.69 Å². The predicted octanol–water partition coefficient (Wildman–Crippen LogP) is 3.97. The Kier molecular flexibility index (Phi) is 5.63. The maximum atomic E-state index is 11.7. The van der Waals surface area contributed by atoms with Gasteiger partial charge in [-0.1, -0.05) is 12.1 Å². The van der Waals surface area contributed by atoms with Crippen LogP contribution in [0, 0.1) is 0 Å². The molecule has 6 heteroatoms. The topological polar surface area (TPSA) is 76.4 Å². The van der Waals surface area contributed by atoms with Gasteiger partial charge in [-0.25, -0.2) is 4.79 Å². The zero-order chi connectivity index (χ0) is 16.9. The van der Waals surface area contributed by atoms with Crippen molar-refractivity contribution >= 4 is 28.8 Å². The molecule has 1 amide bonds. The molecule has 0 fully saturated rings. The van der Waals surface area contributed by atoms with Crippen molar-refractivity contribution in [1.29, 1.82) is 0 Å². The van der Waals surface area contributed by atoms with E-state index in [1.165, 1.54) is 0 Å². The van der Waals surface area contributed by atoms with Crippen LogP contribution in [0.5, 0.6) is 0 Å². The lowest BCUT2D eigenvalue weighted by atomic mass is 10.2. The number of hydrogen-bond acceptors (Lipinski definition) is 5. The van der Waals surface area contributed by atoms with Gasteiger partial charge in [-0.05, 0) is 49.9 Å². The van der Waals surface area contributed by atoms with Gasteiger partial charge in [0.1, 0.15) is 5.60 Å². The molecule has 23 heavy (non-hydrogen) atoms. The van der Waals surface area contributed by atoms with E-state index in [0.717, 1.165) is 29.2 Å². The van der Waals surface area contributed by atoms with Crippen LogP contribution >= 0.6 is 11.3 Å². The Morgan fingerprint density at radius 1 is 1.17 bits per heavy atom. The number of carbonyl (C=O) groups excluding carboxylic acids is 1. The van der Waals surface area contributed by atoms with Crippen LogP contribution in [0.1, 0.15) is 31.2 Å². The van der Waals surface area contributed by atoms with Gasteiger partial charge in [0, 0.05) is 29.3 Å². The maximum Gasteiger partial charge on any atom is 0.412 e. The molecule has 1 aromatic carbocycles. The Labute approximate surface area is 140 Å². The highest BCUT2D eigenvalue weighted by atomic mass is 32.1. The van der Waals surface area contributed by atoms with Gasteiger partial charge in [-0.2, -0.15) is 0 Å². The average Bonchev–Trinajstić information content (AvgIpc) is 2.84. The molecule has 0 bridgehead atoms. The second kappa shape index (κ2) is 7.48. The first-order valence-corrected chi connectivity index (χ1v) is 8.33. The smallest absolute Gasteiger partial charge is 0.412 e. The van der Waals surface area contributed by atoms with Gasteiger partial charge < -0.3 is 15.8 Å². The molecular weight excluding hydrogens is 310 g/mol. The van der Waals surface area contributed by atoms with E-state index in [1.807, 2.05) is 56.5 Å². The highest BCUT2D eigenvalue weighted by Crippen LogP contribution is 2.18.